The van der Waals surface area contributed by atoms with Gasteiger partial charge in [0.25, 0.3) is 0 Å². The highest BCUT2D eigenvalue weighted by atomic mass is 19.1. The Morgan fingerprint density at radius 2 is 2.21 bits per heavy atom. The maximum Gasteiger partial charge on any atom is 0.123 e. The van der Waals surface area contributed by atoms with E-state index < -0.39 is 0 Å². The Hall–Kier alpha value is -1.35. The molecular weight excluding hydrogens is 179 g/mol. The smallest absolute Gasteiger partial charge is 0.123 e. The van der Waals surface area contributed by atoms with E-state index in [-0.39, 0.29) is 5.82 Å². The Bertz CT molecular complexity index is 497. The van der Waals surface area contributed by atoms with E-state index in [0.29, 0.717) is 6.04 Å². The Balaban J connectivity index is 2.28. The minimum absolute atomic E-state index is 0.168. The fourth-order valence-electron chi connectivity index (χ4n) is 1.94. The van der Waals surface area contributed by atoms with Crippen LogP contribution in [0.2, 0.25) is 0 Å². The largest absolute Gasteiger partial charge is 0.346 e. The van der Waals surface area contributed by atoms with Gasteiger partial charge in [0.05, 0.1) is 6.04 Å². The van der Waals surface area contributed by atoms with E-state index in [1.54, 1.807) is 6.07 Å². The number of hydrogen-bond acceptors (Lipinski definition) is 1. The standard InChI is InChI=1S/C11H11FN2/c1-14-10-3-2-8(12)4-7(10)5-11(14)9-6-13-9/h2-5,9,13H,6H2,1H3/t9-/m1/s1. The Morgan fingerprint density at radius 3 is 2.93 bits per heavy atom. The van der Waals surface area contributed by atoms with Crippen LogP contribution in [0.25, 0.3) is 10.9 Å². The maximum atomic E-state index is 13.0. The summed E-state index contributed by atoms with van der Waals surface area (Å²) in [5.74, 6) is -0.168. The molecule has 2 heterocycles. The molecular formula is C11H11FN2. The molecule has 0 unspecified atom stereocenters. The normalized spacial score (nSPS) is 20.3. The second-order valence-corrected chi connectivity index (χ2v) is 3.79. The predicted molar refractivity (Wildman–Crippen MR) is 53.6 cm³/mol. The average Bonchev–Trinajstić information content (AvgIpc) is 2.93. The highest BCUT2D eigenvalue weighted by Gasteiger charge is 2.25. The summed E-state index contributed by atoms with van der Waals surface area (Å²) in [6.45, 7) is 1.03. The summed E-state index contributed by atoms with van der Waals surface area (Å²) >= 11 is 0. The number of hydrogen-bond donors (Lipinski definition) is 1. The van der Waals surface area contributed by atoms with Crippen molar-refractivity contribution < 1.29 is 4.39 Å². The quantitative estimate of drug-likeness (QED) is 0.684. The molecule has 1 N–H and O–H groups in total. The number of rotatable bonds is 1. The fraction of sp³-hybridized carbons (Fsp3) is 0.273. The number of benzene rings is 1. The molecule has 14 heavy (non-hydrogen) atoms. The monoisotopic (exact) mass is 190 g/mol. The van der Waals surface area contributed by atoms with Crippen LogP contribution in [0, 0.1) is 5.82 Å². The third kappa shape index (κ3) is 1.06. The molecule has 1 aromatic heterocycles. The molecule has 2 aromatic rings. The molecule has 1 aliphatic heterocycles. The highest BCUT2D eigenvalue weighted by Crippen LogP contribution is 2.28. The average molecular weight is 190 g/mol. The van der Waals surface area contributed by atoms with Gasteiger partial charge in [0, 0.05) is 30.2 Å². The first kappa shape index (κ1) is 8.00. The van der Waals surface area contributed by atoms with E-state index in [2.05, 4.69) is 16.0 Å². The first-order chi connectivity index (χ1) is 6.75. The Morgan fingerprint density at radius 1 is 1.43 bits per heavy atom. The van der Waals surface area contributed by atoms with E-state index in [4.69, 9.17) is 0 Å². The lowest BCUT2D eigenvalue weighted by Gasteiger charge is -2.00. The summed E-state index contributed by atoms with van der Waals surface area (Å²) in [6, 6.07) is 7.45. The number of fused-ring (bicyclic) bond motifs is 1. The van der Waals surface area contributed by atoms with Crippen LogP contribution < -0.4 is 5.32 Å². The van der Waals surface area contributed by atoms with E-state index in [9.17, 15) is 4.39 Å². The summed E-state index contributed by atoms with van der Waals surface area (Å²) in [5, 5.41) is 4.24. The molecule has 3 heteroatoms. The van der Waals surface area contributed by atoms with Gasteiger partial charge in [-0.05, 0) is 24.3 Å². The van der Waals surface area contributed by atoms with Gasteiger partial charge in [-0.25, -0.2) is 4.39 Å². The van der Waals surface area contributed by atoms with Gasteiger partial charge in [-0.3, -0.25) is 0 Å². The highest BCUT2D eigenvalue weighted by molar-refractivity contribution is 5.81. The molecule has 1 aliphatic rings. The number of aromatic nitrogens is 1. The van der Waals surface area contributed by atoms with Gasteiger partial charge in [0.1, 0.15) is 5.82 Å². The molecule has 0 radical (unpaired) electrons. The fourth-order valence-corrected chi connectivity index (χ4v) is 1.94. The summed E-state index contributed by atoms with van der Waals surface area (Å²) in [5.41, 5.74) is 2.33. The minimum Gasteiger partial charge on any atom is -0.346 e. The van der Waals surface area contributed by atoms with Crippen LogP contribution in [0.3, 0.4) is 0 Å². The number of nitrogens with zero attached hydrogens (tertiary/aromatic N) is 1. The minimum atomic E-state index is -0.168. The number of nitrogens with one attached hydrogen (secondary N) is 1. The molecule has 0 aliphatic carbocycles. The first-order valence-corrected chi connectivity index (χ1v) is 4.74. The van der Waals surface area contributed by atoms with Gasteiger partial charge in [0.15, 0.2) is 0 Å². The molecule has 0 bridgehead atoms. The van der Waals surface area contributed by atoms with Crippen molar-refractivity contribution in [2.24, 2.45) is 7.05 Å². The molecule has 0 amide bonds. The van der Waals surface area contributed by atoms with Gasteiger partial charge in [0.2, 0.25) is 0 Å². The molecule has 0 spiro atoms. The summed E-state index contributed by atoms with van der Waals surface area (Å²) in [6.07, 6.45) is 0. The molecule has 2 nitrogen and oxygen atoms in total. The zero-order chi connectivity index (χ0) is 9.71. The van der Waals surface area contributed by atoms with E-state index in [1.807, 2.05) is 13.1 Å². The topological polar surface area (TPSA) is 26.9 Å². The van der Waals surface area contributed by atoms with E-state index in [0.717, 1.165) is 17.4 Å². The number of halogens is 1. The van der Waals surface area contributed by atoms with Crippen LogP contribution in [-0.4, -0.2) is 11.1 Å². The van der Waals surface area contributed by atoms with Crippen LogP contribution in [0.4, 0.5) is 4.39 Å². The maximum absolute atomic E-state index is 13.0. The third-order valence-electron chi connectivity index (χ3n) is 2.81. The van der Waals surface area contributed by atoms with Crippen LogP contribution in [0.5, 0.6) is 0 Å². The van der Waals surface area contributed by atoms with Gasteiger partial charge in [-0.1, -0.05) is 0 Å². The van der Waals surface area contributed by atoms with Gasteiger partial charge in [-0.2, -0.15) is 0 Å². The molecule has 1 fully saturated rings. The third-order valence-corrected chi connectivity index (χ3v) is 2.81. The molecule has 1 aromatic carbocycles. The van der Waals surface area contributed by atoms with Crippen LogP contribution in [0.1, 0.15) is 11.7 Å². The van der Waals surface area contributed by atoms with Crippen molar-refractivity contribution in [3.05, 3.63) is 35.8 Å². The van der Waals surface area contributed by atoms with Crippen molar-refractivity contribution in [2.45, 2.75) is 6.04 Å². The summed E-state index contributed by atoms with van der Waals surface area (Å²) in [7, 11) is 2.02. The lowest BCUT2D eigenvalue weighted by atomic mass is 10.2. The molecule has 1 atom stereocenters. The van der Waals surface area contributed by atoms with Crippen molar-refractivity contribution in [3.8, 4) is 0 Å². The molecule has 3 rings (SSSR count). The predicted octanol–water partition coefficient (Wildman–Crippen LogP) is 1.96. The van der Waals surface area contributed by atoms with Crippen LogP contribution >= 0.6 is 0 Å². The summed E-state index contributed by atoms with van der Waals surface area (Å²) in [4.78, 5) is 0. The zero-order valence-electron chi connectivity index (χ0n) is 7.92. The first-order valence-electron chi connectivity index (χ1n) is 4.74. The number of aryl methyl sites for hydroxylation is 1. The van der Waals surface area contributed by atoms with Crippen molar-refractivity contribution in [3.63, 3.8) is 0 Å². The Labute approximate surface area is 81.3 Å². The van der Waals surface area contributed by atoms with Crippen LogP contribution in [0.15, 0.2) is 24.3 Å². The van der Waals surface area contributed by atoms with E-state index >= 15 is 0 Å². The van der Waals surface area contributed by atoms with Gasteiger partial charge < -0.3 is 9.88 Å². The lowest BCUT2D eigenvalue weighted by molar-refractivity contribution is 0.629. The van der Waals surface area contributed by atoms with Crippen molar-refractivity contribution >= 4 is 10.9 Å². The summed E-state index contributed by atoms with van der Waals surface area (Å²) < 4.78 is 15.1. The molecule has 0 saturated carbocycles. The van der Waals surface area contributed by atoms with Crippen molar-refractivity contribution in [1.29, 1.82) is 0 Å². The van der Waals surface area contributed by atoms with Crippen LogP contribution in [-0.2, 0) is 7.05 Å². The van der Waals surface area contributed by atoms with Gasteiger partial charge in [-0.15, -0.1) is 0 Å². The second kappa shape index (κ2) is 2.58. The Kier molecular flexibility index (Phi) is 1.47. The SMILES string of the molecule is Cn1c([C@H]2CN2)cc2cc(F)ccc21. The molecule has 72 valence electrons. The lowest BCUT2D eigenvalue weighted by Crippen LogP contribution is -1.95. The van der Waals surface area contributed by atoms with Crippen molar-refractivity contribution in [2.75, 3.05) is 6.54 Å². The van der Waals surface area contributed by atoms with Crippen molar-refractivity contribution in [1.82, 2.24) is 9.88 Å². The van der Waals surface area contributed by atoms with Gasteiger partial charge >= 0.3 is 0 Å². The molecule has 1 saturated heterocycles. The zero-order valence-corrected chi connectivity index (χ0v) is 7.92. The second-order valence-electron chi connectivity index (χ2n) is 3.79. The van der Waals surface area contributed by atoms with E-state index in [1.165, 1.54) is 11.8 Å².